The highest BCUT2D eigenvalue weighted by atomic mass is 35.5. The number of nitrogens with one attached hydrogen (secondary N) is 2. The van der Waals surface area contributed by atoms with E-state index in [0.29, 0.717) is 25.1 Å². The molecule has 0 spiro atoms. The summed E-state index contributed by atoms with van der Waals surface area (Å²) in [5.41, 5.74) is 2.63. The molecule has 2 heterocycles. The molecular formula is C20H24ClFN4O3. The number of hydrogen-bond donors (Lipinski definition) is 3. The maximum Gasteiger partial charge on any atom is 0.426 e. The summed E-state index contributed by atoms with van der Waals surface area (Å²) >= 11 is 5.78. The predicted octanol–water partition coefficient (Wildman–Crippen LogP) is 3.43. The van der Waals surface area contributed by atoms with E-state index in [1.807, 2.05) is 26.1 Å². The highest BCUT2D eigenvalue weighted by Gasteiger charge is 2.23. The fourth-order valence-electron chi connectivity index (χ4n) is 3.11. The first-order valence-corrected chi connectivity index (χ1v) is 9.77. The molecule has 1 aliphatic rings. The second-order valence-electron chi connectivity index (χ2n) is 7.18. The van der Waals surface area contributed by atoms with Crippen LogP contribution in [0.3, 0.4) is 0 Å². The van der Waals surface area contributed by atoms with Gasteiger partial charge in [0.2, 0.25) is 0 Å². The third-order valence-electron chi connectivity index (χ3n) is 4.53. The minimum absolute atomic E-state index is 0.0804. The summed E-state index contributed by atoms with van der Waals surface area (Å²) in [6.45, 7) is 4.66. The zero-order valence-corrected chi connectivity index (χ0v) is 17.0. The van der Waals surface area contributed by atoms with E-state index in [1.165, 1.54) is 18.2 Å². The Labute approximate surface area is 173 Å². The monoisotopic (exact) mass is 422 g/mol. The number of hydrogen-bond acceptors (Lipinski definition) is 6. The lowest BCUT2D eigenvalue weighted by molar-refractivity contribution is -0.112. The van der Waals surface area contributed by atoms with Gasteiger partial charge in [0, 0.05) is 18.8 Å². The molecule has 3 N–H and O–H groups in total. The molecule has 1 amide bonds. The molecule has 3 rings (SSSR count). The Morgan fingerprint density at radius 2 is 2.17 bits per heavy atom. The number of aliphatic hydroxyl groups excluding tert-OH is 1. The summed E-state index contributed by atoms with van der Waals surface area (Å²) in [6, 6.07) is 5.47. The molecule has 1 aromatic heterocycles. The maximum absolute atomic E-state index is 13.3. The zero-order chi connectivity index (χ0) is 21.0. The minimum atomic E-state index is -0.760. The van der Waals surface area contributed by atoms with Crippen LogP contribution in [0.4, 0.5) is 15.0 Å². The molecule has 0 radical (unpaired) electrons. The van der Waals surface area contributed by atoms with Crippen LogP contribution in [-0.2, 0) is 17.8 Å². The van der Waals surface area contributed by atoms with Gasteiger partial charge in [-0.1, -0.05) is 17.7 Å². The lowest BCUT2D eigenvalue weighted by Crippen LogP contribution is -2.39. The number of fused-ring (bicyclic) bond motifs is 1. The van der Waals surface area contributed by atoms with Crippen LogP contribution in [-0.4, -0.2) is 40.4 Å². The van der Waals surface area contributed by atoms with Crippen molar-refractivity contribution in [2.45, 2.75) is 38.9 Å². The van der Waals surface area contributed by atoms with E-state index in [0.717, 1.165) is 16.9 Å². The van der Waals surface area contributed by atoms with Crippen LogP contribution >= 0.6 is 11.6 Å². The third-order valence-corrected chi connectivity index (χ3v) is 4.82. The number of anilines is 1. The summed E-state index contributed by atoms with van der Waals surface area (Å²) in [5, 5.41) is 16.9. The molecule has 0 bridgehead atoms. The Bertz CT molecular complexity index is 881. The molecule has 0 saturated carbocycles. The second kappa shape index (κ2) is 9.39. The van der Waals surface area contributed by atoms with E-state index >= 15 is 0 Å². The maximum atomic E-state index is 13.3. The summed E-state index contributed by atoms with van der Waals surface area (Å²) < 4.78 is 13.3. The Morgan fingerprint density at radius 1 is 1.38 bits per heavy atom. The van der Waals surface area contributed by atoms with Gasteiger partial charge in [0.15, 0.2) is 0 Å². The normalized spacial score (nSPS) is 15.0. The van der Waals surface area contributed by atoms with Crippen LogP contribution in [0.5, 0.6) is 0 Å². The summed E-state index contributed by atoms with van der Waals surface area (Å²) in [7, 11) is 0. The Kier molecular flexibility index (Phi) is 6.89. The molecule has 9 heteroatoms. The standard InChI is InChI=1S/C20H24ClFN4O3/c1-12(2)24-19-8-15-10-26(6-5-14(15)9-23-19)29-20(28)25-18(11-27)13-3-4-17(22)16(21)7-13/h3-4,7-9,12,18,27H,5-6,10-11H2,1-2H3,(H,23,24)(H,25,28)/t18-/m1/s1. The average molecular weight is 423 g/mol. The number of hydroxylamine groups is 2. The fourth-order valence-corrected chi connectivity index (χ4v) is 3.30. The SMILES string of the molecule is CC(C)Nc1cc2c(cn1)CCN(OC(=O)N[C@H](CO)c1ccc(F)c(Cl)c1)C2. The van der Waals surface area contributed by atoms with Crippen LogP contribution in [0.25, 0.3) is 0 Å². The molecule has 0 aliphatic carbocycles. The molecule has 7 nitrogen and oxygen atoms in total. The van der Waals surface area contributed by atoms with Crippen molar-refractivity contribution in [3.05, 3.63) is 58.0 Å². The van der Waals surface area contributed by atoms with E-state index in [9.17, 15) is 14.3 Å². The molecule has 0 saturated heterocycles. The van der Waals surface area contributed by atoms with Gasteiger partial charge in [0.1, 0.15) is 11.6 Å². The van der Waals surface area contributed by atoms with Crippen molar-refractivity contribution in [1.29, 1.82) is 0 Å². The first kappa shape index (κ1) is 21.3. The molecule has 0 unspecified atom stereocenters. The number of benzene rings is 1. The molecule has 29 heavy (non-hydrogen) atoms. The van der Waals surface area contributed by atoms with E-state index in [1.54, 1.807) is 5.06 Å². The van der Waals surface area contributed by atoms with Crippen molar-refractivity contribution < 1.29 is 19.1 Å². The number of amides is 1. The molecule has 1 aliphatic heterocycles. The van der Waals surface area contributed by atoms with Crippen LogP contribution in [0, 0.1) is 5.82 Å². The van der Waals surface area contributed by atoms with Gasteiger partial charge >= 0.3 is 6.09 Å². The Hall–Kier alpha value is -2.42. The summed E-state index contributed by atoms with van der Waals surface area (Å²) in [4.78, 5) is 22.1. The van der Waals surface area contributed by atoms with Gasteiger partial charge in [-0.25, -0.2) is 14.2 Å². The van der Waals surface area contributed by atoms with Gasteiger partial charge in [-0.2, -0.15) is 0 Å². The number of rotatable bonds is 6. The van der Waals surface area contributed by atoms with Crippen LogP contribution < -0.4 is 10.6 Å². The number of aromatic nitrogens is 1. The van der Waals surface area contributed by atoms with Crippen molar-refractivity contribution in [2.24, 2.45) is 0 Å². The van der Waals surface area contributed by atoms with Crippen molar-refractivity contribution in [3.8, 4) is 0 Å². The van der Waals surface area contributed by atoms with Crippen molar-refractivity contribution in [2.75, 3.05) is 18.5 Å². The molecule has 1 atom stereocenters. The van der Waals surface area contributed by atoms with Crippen molar-refractivity contribution in [3.63, 3.8) is 0 Å². The molecule has 0 fully saturated rings. The first-order chi connectivity index (χ1) is 13.9. The smallest absolute Gasteiger partial charge is 0.394 e. The third kappa shape index (κ3) is 5.56. The van der Waals surface area contributed by atoms with E-state index in [-0.39, 0.29) is 17.7 Å². The van der Waals surface area contributed by atoms with Gasteiger partial charge in [0.25, 0.3) is 0 Å². The summed E-state index contributed by atoms with van der Waals surface area (Å²) in [5.74, 6) is 0.209. The largest absolute Gasteiger partial charge is 0.426 e. The van der Waals surface area contributed by atoms with Crippen LogP contribution in [0.15, 0.2) is 30.5 Å². The highest BCUT2D eigenvalue weighted by molar-refractivity contribution is 6.30. The summed E-state index contributed by atoms with van der Waals surface area (Å²) in [6.07, 6.45) is 1.84. The second-order valence-corrected chi connectivity index (χ2v) is 7.59. The van der Waals surface area contributed by atoms with Crippen molar-refractivity contribution in [1.82, 2.24) is 15.4 Å². The first-order valence-electron chi connectivity index (χ1n) is 9.39. The number of carbonyl (C=O) groups excluding carboxylic acids is 1. The van der Waals surface area contributed by atoms with E-state index in [4.69, 9.17) is 16.4 Å². The lowest BCUT2D eigenvalue weighted by Gasteiger charge is -2.28. The molecule has 2 aromatic rings. The number of halogens is 2. The van der Waals surface area contributed by atoms with Gasteiger partial charge in [-0.3, -0.25) is 0 Å². The van der Waals surface area contributed by atoms with Gasteiger partial charge in [-0.05, 0) is 55.2 Å². The molecule has 1 aromatic carbocycles. The Balaban J connectivity index is 1.61. The number of nitrogens with zero attached hydrogens (tertiary/aromatic N) is 2. The zero-order valence-electron chi connectivity index (χ0n) is 16.3. The predicted molar refractivity (Wildman–Crippen MR) is 108 cm³/mol. The topological polar surface area (TPSA) is 86.7 Å². The molecule has 156 valence electrons. The minimum Gasteiger partial charge on any atom is -0.394 e. The molecular weight excluding hydrogens is 399 g/mol. The fraction of sp³-hybridized carbons (Fsp3) is 0.400. The number of pyridine rings is 1. The van der Waals surface area contributed by atoms with Gasteiger partial charge < -0.3 is 20.6 Å². The Morgan fingerprint density at radius 3 is 2.86 bits per heavy atom. The van der Waals surface area contributed by atoms with Crippen LogP contribution in [0.2, 0.25) is 5.02 Å². The van der Waals surface area contributed by atoms with Gasteiger partial charge in [-0.15, -0.1) is 5.06 Å². The van der Waals surface area contributed by atoms with E-state index in [2.05, 4.69) is 15.6 Å². The van der Waals surface area contributed by atoms with Crippen LogP contribution in [0.1, 0.15) is 36.6 Å². The average Bonchev–Trinajstić information content (AvgIpc) is 2.67. The van der Waals surface area contributed by atoms with E-state index < -0.39 is 18.0 Å². The van der Waals surface area contributed by atoms with Crippen molar-refractivity contribution >= 4 is 23.5 Å². The highest BCUT2D eigenvalue weighted by Crippen LogP contribution is 2.23. The van der Waals surface area contributed by atoms with Gasteiger partial charge in [0.05, 0.1) is 24.2 Å². The number of aliphatic hydroxyl groups is 1. The lowest BCUT2D eigenvalue weighted by atomic mass is 10.0. The number of carbonyl (C=O) groups is 1. The quantitative estimate of drug-likeness (QED) is 0.661.